The quantitative estimate of drug-likeness (QED) is 0.307. The van der Waals surface area contributed by atoms with Crippen LogP contribution in [0, 0.1) is 6.92 Å². The molecule has 2 atom stereocenters. The standard InChI is InChI=1S/C29H30N8O2S/c1-18-17-40-26(31-18)24-10-7-12-37(24)27(38)20-14-22(21-11-13-36(3)35-21)32-23(15-20)25-33-34-28(39-25)29(2,30)16-19-8-5-4-6-9-19/h4-6,8-9,11,13-15,17,24H,7,10,12,16,30H2,1-3H3/t24-,29-/m1/s1. The number of nitrogens with zero attached hydrogens (tertiary/aromatic N) is 7. The van der Waals surface area contributed by atoms with Crippen LogP contribution in [0.2, 0.25) is 0 Å². The fraction of sp³-hybridized carbons (Fsp3) is 0.310. The van der Waals surface area contributed by atoms with Crippen LogP contribution in [-0.2, 0) is 19.0 Å². The predicted molar refractivity (Wildman–Crippen MR) is 151 cm³/mol. The van der Waals surface area contributed by atoms with Crippen molar-refractivity contribution in [3.8, 4) is 23.0 Å². The molecule has 5 aromatic rings. The summed E-state index contributed by atoms with van der Waals surface area (Å²) in [5.41, 5.74) is 9.81. The van der Waals surface area contributed by atoms with E-state index in [4.69, 9.17) is 15.1 Å². The normalized spacial score (nSPS) is 16.8. The number of rotatable bonds is 7. The number of aromatic nitrogens is 6. The maximum absolute atomic E-state index is 13.9. The Hall–Kier alpha value is -4.22. The monoisotopic (exact) mass is 554 g/mol. The molecule has 1 saturated heterocycles. The van der Waals surface area contributed by atoms with Crippen LogP contribution in [0.3, 0.4) is 0 Å². The van der Waals surface area contributed by atoms with E-state index in [0.29, 0.717) is 41.5 Å². The van der Waals surface area contributed by atoms with Crippen LogP contribution in [0.15, 0.2) is 64.5 Å². The number of hydrogen-bond donors (Lipinski definition) is 1. The lowest BCUT2D eigenvalue weighted by atomic mass is 9.94. The topological polar surface area (TPSA) is 129 Å². The lowest BCUT2D eigenvalue weighted by Crippen LogP contribution is -2.35. The van der Waals surface area contributed by atoms with Gasteiger partial charge in [0, 0.05) is 36.4 Å². The van der Waals surface area contributed by atoms with Crippen LogP contribution in [0.4, 0.5) is 0 Å². The minimum absolute atomic E-state index is 0.0490. The zero-order chi connectivity index (χ0) is 27.9. The number of amides is 1. The Labute approximate surface area is 235 Å². The summed E-state index contributed by atoms with van der Waals surface area (Å²) in [6.45, 7) is 4.49. The van der Waals surface area contributed by atoms with Crippen molar-refractivity contribution in [2.75, 3.05) is 6.54 Å². The van der Waals surface area contributed by atoms with E-state index in [2.05, 4.69) is 20.3 Å². The van der Waals surface area contributed by atoms with Gasteiger partial charge >= 0.3 is 0 Å². The zero-order valence-electron chi connectivity index (χ0n) is 22.6. The molecule has 1 aliphatic heterocycles. The Kier molecular flexibility index (Phi) is 6.77. The van der Waals surface area contributed by atoms with E-state index >= 15 is 0 Å². The Bertz CT molecular complexity index is 1660. The van der Waals surface area contributed by atoms with Crippen molar-refractivity contribution < 1.29 is 9.21 Å². The van der Waals surface area contributed by atoms with Gasteiger partial charge in [-0.15, -0.1) is 21.5 Å². The SMILES string of the molecule is Cc1csc([C@H]2CCCN2C(=O)c2cc(-c3ccn(C)n3)nc(-c3nnc([C@](C)(N)Cc4ccccc4)o3)c2)n1. The van der Waals surface area contributed by atoms with Gasteiger partial charge in [0.05, 0.1) is 17.3 Å². The van der Waals surface area contributed by atoms with Crippen molar-refractivity contribution in [2.45, 2.75) is 44.7 Å². The van der Waals surface area contributed by atoms with E-state index in [0.717, 1.165) is 29.1 Å². The summed E-state index contributed by atoms with van der Waals surface area (Å²) >= 11 is 1.60. The Morgan fingerprint density at radius 2 is 1.93 bits per heavy atom. The van der Waals surface area contributed by atoms with E-state index in [1.54, 1.807) is 28.2 Å². The first-order chi connectivity index (χ1) is 19.3. The number of benzene rings is 1. The molecular weight excluding hydrogens is 524 g/mol. The summed E-state index contributed by atoms with van der Waals surface area (Å²) < 4.78 is 7.78. The molecule has 0 bridgehead atoms. The zero-order valence-corrected chi connectivity index (χ0v) is 23.4. The highest BCUT2D eigenvalue weighted by Gasteiger charge is 2.34. The molecule has 204 valence electrons. The average molecular weight is 555 g/mol. The maximum Gasteiger partial charge on any atom is 0.266 e. The summed E-state index contributed by atoms with van der Waals surface area (Å²) in [4.78, 5) is 25.3. The van der Waals surface area contributed by atoms with Crippen molar-refractivity contribution in [2.24, 2.45) is 12.8 Å². The fourth-order valence-electron chi connectivity index (χ4n) is 5.06. The molecule has 0 aliphatic carbocycles. The molecule has 1 fully saturated rings. The highest BCUT2D eigenvalue weighted by Crippen LogP contribution is 2.36. The Morgan fingerprint density at radius 1 is 1.12 bits per heavy atom. The van der Waals surface area contributed by atoms with Crippen molar-refractivity contribution in [1.29, 1.82) is 0 Å². The van der Waals surface area contributed by atoms with Gasteiger partial charge in [0.1, 0.15) is 16.4 Å². The molecular formula is C29H30N8O2S. The molecule has 4 aromatic heterocycles. The van der Waals surface area contributed by atoms with Crippen molar-refractivity contribution in [3.05, 3.63) is 87.8 Å². The number of carbonyl (C=O) groups excluding carboxylic acids is 1. The van der Waals surface area contributed by atoms with Gasteiger partial charge in [-0.3, -0.25) is 9.48 Å². The Balaban J connectivity index is 1.36. The van der Waals surface area contributed by atoms with Crippen LogP contribution in [0.1, 0.15) is 58.3 Å². The van der Waals surface area contributed by atoms with Crippen LogP contribution in [-0.4, -0.2) is 47.3 Å². The number of carbonyl (C=O) groups is 1. The molecule has 2 N–H and O–H groups in total. The predicted octanol–water partition coefficient (Wildman–Crippen LogP) is 4.69. The highest BCUT2D eigenvalue weighted by atomic mass is 32.1. The molecule has 11 heteroatoms. The minimum atomic E-state index is -0.890. The summed E-state index contributed by atoms with van der Waals surface area (Å²) in [5.74, 6) is 0.395. The average Bonchev–Trinajstić information content (AvgIpc) is 3.75. The third-order valence-electron chi connectivity index (χ3n) is 7.03. The molecule has 1 aromatic carbocycles. The van der Waals surface area contributed by atoms with Gasteiger partial charge in [-0.25, -0.2) is 9.97 Å². The van der Waals surface area contributed by atoms with Crippen molar-refractivity contribution in [3.63, 3.8) is 0 Å². The molecule has 1 aliphatic rings. The molecule has 6 rings (SSSR count). The van der Waals surface area contributed by atoms with Crippen molar-refractivity contribution in [1.82, 2.24) is 34.8 Å². The molecule has 0 saturated carbocycles. The second-order valence-corrected chi connectivity index (χ2v) is 11.4. The number of thiazole rings is 1. The molecule has 0 spiro atoms. The largest absolute Gasteiger partial charge is 0.417 e. The second kappa shape index (κ2) is 10.4. The Morgan fingerprint density at radius 3 is 2.65 bits per heavy atom. The first-order valence-electron chi connectivity index (χ1n) is 13.2. The van der Waals surface area contributed by atoms with Gasteiger partial charge in [0.25, 0.3) is 11.8 Å². The number of hydrogen-bond acceptors (Lipinski definition) is 9. The van der Waals surface area contributed by atoms with Gasteiger partial charge in [-0.05, 0) is 56.9 Å². The summed E-state index contributed by atoms with van der Waals surface area (Å²) in [5, 5.41) is 16.0. The number of likely N-dealkylation sites (tertiary alicyclic amines) is 1. The smallest absolute Gasteiger partial charge is 0.266 e. The van der Waals surface area contributed by atoms with E-state index < -0.39 is 5.54 Å². The van der Waals surface area contributed by atoms with Gasteiger partial charge in [-0.1, -0.05) is 30.3 Å². The van der Waals surface area contributed by atoms with E-state index in [-0.39, 0.29) is 17.8 Å². The summed E-state index contributed by atoms with van der Waals surface area (Å²) in [6, 6.07) is 15.2. The first kappa shape index (κ1) is 26.0. The van der Waals surface area contributed by atoms with Gasteiger partial charge in [0.2, 0.25) is 5.89 Å². The summed E-state index contributed by atoms with van der Waals surface area (Å²) in [7, 11) is 1.84. The van der Waals surface area contributed by atoms with Crippen LogP contribution in [0.5, 0.6) is 0 Å². The minimum Gasteiger partial charge on any atom is -0.417 e. The third-order valence-corrected chi connectivity index (χ3v) is 8.09. The molecule has 1 amide bonds. The van der Waals surface area contributed by atoms with E-state index in [1.165, 1.54) is 0 Å². The maximum atomic E-state index is 13.9. The highest BCUT2D eigenvalue weighted by molar-refractivity contribution is 7.09. The van der Waals surface area contributed by atoms with Crippen LogP contribution >= 0.6 is 11.3 Å². The van der Waals surface area contributed by atoms with E-state index in [1.807, 2.05) is 73.8 Å². The summed E-state index contributed by atoms with van der Waals surface area (Å²) in [6.07, 6.45) is 4.16. The molecule has 40 heavy (non-hydrogen) atoms. The second-order valence-electron chi connectivity index (χ2n) is 10.5. The van der Waals surface area contributed by atoms with Gasteiger partial charge in [-0.2, -0.15) is 5.10 Å². The first-order valence-corrected chi connectivity index (χ1v) is 14.1. The number of pyridine rings is 1. The molecule has 5 heterocycles. The van der Waals surface area contributed by atoms with Crippen molar-refractivity contribution >= 4 is 17.2 Å². The fourth-order valence-corrected chi connectivity index (χ4v) is 6.00. The third kappa shape index (κ3) is 5.17. The molecule has 10 nitrogen and oxygen atoms in total. The van der Waals surface area contributed by atoms with Gasteiger partial charge < -0.3 is 15.1 Å². The number of nitrogens with two attached hydrogens (primary N) is 1. The van der Waals surface area contributed by atoms with E-state index in [9.17, 15) is 4.79 Å². The lowest BCUT2D eigenvalue weighted by Gasteiger charge is -2.23. The number of aryl methyl sites for hydroxylation is 2. The van der Waals surface area contributed by atoms with Gasteiger partial charge in [0.15, 0.2) is 0 Å². The lowest BCUT2D eigenvalue weighted by molar-refractivity contribution is 0.0735. The van der Waals surface area contributed by atoms with Crippen LogP contribution < -0.4 is 5.73 Å². The van der Waals surface area contributed by atoms with Crippen LogP contribution in [0.25, 0.3) is 23.0 Å². The molecule has 0 radical (unpaired) electrons. The molecule has 0 unspecified atom stereocenters.